The van der Waals surface area contributed by atoms with Crippen LogP contribution in [0.2, 0.25) is 0 Å². The number of sulfone groups is 1. The number of ether oxygens (including phenoxy) is 2. The molecule has 8 heteroatoms. The molecule has 20 heavy (non-hydrogen) atoms. The number of carbonyl (C=O) groups is 1. The lowest BCUT2D eigenvalue weighted by Crippen LogP contribution is -2.32. The number of hydrogen-bond acceptors (Lipinski definition) is 6. The predicted octanol–water partition coefficient (Wildman–Crippen LogP) is -0.186. The van der Waals surface area contributed by atoms with Crippen LogP contribution >= 0.6 is 0 Å². The highest BCUT2D eigenvalue weighted by molar-refractivity contribution is 7.92. The molecule has 0 spiro atoms. The maximum Gasteiger partial charge on any atom is 0.235 e. The summed E-state index contributed by atoms with van der Waals surface area (Å²) >= 11 is 0. The summed E-state index contributed by atoms with van der Waals surface area (Å²) in [5, 5.41) is 2.45. The summed E-state index contributed by atoms with van der Waals surface area (Å²) in [6, 6.07) is 4.17. The summed E-state index contributed by atoms with van der Waals surface area (Å²) in [6.45, 7) is 0.570. The lowest BCUT2D eigenvalue weighted by atomic mass is 10.3. The second kappa shape index (κ2) is 7.11. The number of nitrogens with one attached hydrogen (secondary N) is 1. The van der Waals surface area contributed by atoms with E-state index in [2.05, 4.69) is 5.32 Å². The predicted molar refractivity (Wildman–Crippen MR) is 74.3 cm³/mol. The average Bonchev–Trinajstić information content (AvgIpc) is 2.37. The van der Waals surface area contributed by atoms with Crippen molar-refractivity contribution in [1.82, 2.24) is 5.32 Å². The Balaban J connectivity index is 2.86. The van der Waals surface area contributed by atoms with Crippen molar-refractivity contribution >= 4 is 21.4 Å². The van der Waals surface area contributed by atoms with Crippen LogP contribution < -0.4 is 15.8 Å². The van der Waals surface area contributed by atoms with Crippen LogP contribution in [0.25, 0.3) is 0 Å². The first-order valence-corrected chi connectivity index (χ1v) is 7.48. The summed E-state index contributed by atoms with van der Waals surface area (Å²) in [7, 11) is -0.962. The van der Waals surface area contributed by atoms with Gasteiger partial charge in [-0.1, -0.05) is 0 Å². The zero-order chi connectivity index (χ0) is 15.2. The number of nitrogens with two attached hydrogens (primary N) is 1. The maximum atomic E-state index is 12.2. The van der Waals surface area contributed by atoms with E-state index in [4.69, 9.17) is 15.2 Å². The fourth-order valence-corrected chi connectivity index (χ4v) is 2.86. The van der Waals surface area contributed by atoms with Gasteiger partial charge in [-0.3, -0.25) is 4.79 Å². The molecule has 0 saturated carbocycles. The van der Waals surface area contributed by atoms with Crippen molar-refractivity contribution in [3.05, 3.63) is 18.2 Å². The second-order valence-corrected chi connectivity index (χ2v) is 5.97. The van der Waals surface area contributed by atoms with Crippen molar-refractivity contribution in [1.29, 1.82) is 0 Å². The van der Waals surface area contributed by atoms with Crippen molar-refractivity contribution in [3.63, 3.8) is 0 Å². The Morgan fingerprint density at radius 1 is 1.35 bits per heavy atom. The molecule has 3 N–H and O–H groups in total. The van der Waals surface area contributed by atoms with Crippen LogP contribution in [-0.2, 0) is 19.4 Å². The first-order valence-electron chi connectivity index (χ1n) is 5.82. The average molecular weight is 302 g/mol. The highest BCUT2D eigenvalue weighted by atomic mass is 32.2. The topological polar surface area (TPSA) is 108 Å². The SMILES string of the molecule is COCCNC(=O)CS(=O)(=O)c1ccc(N)cc1OC. The van der Waals surface area contributed by atoms with Gasteiger partial charge in [0.15, 0.2) is 9.84 Å². The smallest absolute Gasteiger partial charge is 0.235 e. The molecule has 1 aromatic rings. The zero-order valence-corrected chi connectivity index (χ0v) is 12.2. The van der Waals surface area contributed by atoms with Crippen LogP contribution in [-0.4, -0.2) is 47.4 Å². The van der Waals surface area contributed by atoms with Gasteiger partial charge in [-0.15, -0.1) is 0 Å². The van der Waals surface area contributed by atoms with Crippen molar-refractivity contribution in [2.24, 2.45) is 0 Å². The van der Waals surface area contributed by atoms with Gasteiger partial charge in [0.05, 0.1) is 13.7 Å². The molecule has 1 aromatic carbocycles. The van der Waals surface area contributed by atoms with E-state index in [0.717, 1.165) is 0 Å². The van der Waals surface area contributed by atoms with Gasteiger partial charge >= 0.3 is 0 Å². The molecule has 0 heterocycles. The van der Waals surface area contributed by atoms with Gasteiger partial charge in [0.1, 0.15) is 16.4 Å². The first-order chi connectivity index (χ1) is 9.40. The Morgan fingerprint density at radius 2 is 2.05 bits per heavy atom. The quantitative estimate of drug-likeness (QED) is 0.534. The van der Waals surface area contributed by atoms with E-state index in [0.29, 0.717) is 12.3 Å². The molecule has 1 amide bonds. The van der Waals surface area contributed by atoms with Gasteiger partial charge in [0.2, 0.25) is 5.91 Å². The largest absolute Gasteiger partial charge is 0.495 e. The first kappa shape index (κ1) is 16.3. The molecule has 112 valence electrons. The number of amides is 1. The van der Waals surface area contributed by atoms with E-state index in [1.54, 1.807) is 0 Å². The summed E-state index contributed by atoms with van der Waals surface area (Å²) in [5.41, 5.74) is 5.94. The summed E-state index contributed by atoms with van der Waals surface area (Å²) in [6.07, 6.45) is 0. The van der Waals surface area contributed by atoms with Crippen LogP contribution in [0.4, 0.5) is 5.69 Å². The molecule has 0 bridgehead atoms. The van der Waals surface area contributed by atoms with E-state index < -0.39 is 21.5 Å². The van der Waals surface area contributed by atoms with Crippen LogP contribution in [0.3, 0.4) is 0 Å². The molecule has 0 fully saturated rings. The number of rotatable bonds is 7. The van der Waals surface area contributed by atoms with E-state index in [1.165, 1.54) is 32.4 Å². The Hall–Kier alpha value is -1.80. The molecule has 0 saturated heterocycles. The third kappa shape index (κ3) is 4.39. The molecule has 0 aliphatic carbocycles. The van der Waals surface area contributed by atoms with Crippen LogP contribution in [0, 0.1) is 0 Å². The monoisotopic (exact) mass is 302 g/mol. The van der Waals surface area contributed by atoms with E-state index in [9.17, 15) is 13.2 Å². The molecular weight excluding hydrogens is 284 g/mol. The van der Waals surface area contributed by atoms with E-state index >= 15 is 0 Å². The fourth-order valence-electron chi connectivity index (χ4n) is 1.53. The minimum atomic E-state index is -3.79. The lowest BCUT2D eigenvalue weighted by Gasteiger charge is -2.10. The third-order valence-corrected chi connectivity index (χ3v) is 4.12. The standard InChI is InChI=1S/C12H18N2O5S/c1-18-6-5-14-12(15)8-20(16,17)11-4-3-9(13)7-10(11)19-2/h3-4,7H,5-6,8,13H2,1-2H3,(H,14,15). The van der Waals surface area contributed by atoms with Crippen LogP contribution in [0.5, 0.6) is 5.75 Å². The normalized spacial score (nSPS) is 11.1. The van der Waals surface area contributed by atoms with Crippen molar-refractivity contribution < 1.29 is 22.7 Å². The summed E-state index contributed by atoms with van der Waals surface area (Å²) in [5.74, 6) is -1.13. The molecule has 0 aliphatic heterocycles. The number of anilines is 1. The molecule has 0 aliphatic rings. The number of nitrogen functional groups attached to an aromatic ring is 1. The number of carbonyl (C=O) groups excluding carboxylic acids is 1. The Bertz CT molecular complexity index is 571. The highest BCUT2D eigenvalue weighted by Gasteiger charge is 2.23. The minimum Gasteiger partial charge on any atom is -0.495 e. The lowest BCUT2D eigenvalue weighted by molar-refractivity contribution is -0.118. The molecule has 0 atom stereocenters. The molecule has 7 nitrogen and oxygen atoms in total. The number of methoxy groups -OCH3 is 2. The molecule has 1 rings (SSSR count). The summed E-state index contributed by atoms with van der Waals surface area (Å²) < 4.78 is 34.0. The minimum absolute atomic E-state index is 0.0592. The summed E-state index contributed by atoms with van der Waals surface area (Å²) in [4.78, 5) is 11.5. The van der Waals surface area contributed by atoms with Gasteiger partial charge in [-0.2, -0.15) is 0 Å². The highest BCUT2D eigenvalue weighted by Crippen LogP contribution is 2.26. The van der Waals surface area contributed by atoms with Crippen molar-refractivity contribution in [2.75, 3.05) is 38.9 Å². The number of hydrogen-bond donors (Lipinski definition) is 2. The number of benzene rings is 1. The van der Waals surface area contributed by atoms with Gasteiger partial charge in [0, 0.05) is 25.4 Å². The van der Waals surface area contributed by atoms with Crippen LogP contribution in [0.15, 0.2) is 23.1 Å². The van der Waals surface area contributed by atoms with E-state index in [-0.39, 0.29) is 17.2 Å². The zero-order valence-electron chi connectivity index (χ0n) is 11.4. The fraction of sp³-hybridized carbons (Fsp3) is 0.417. The van der Waals surface area contributed by atoms with Crippen LogP contribution in [0.1, 0.15) is 0 Å². The van der Waals surface area contributed by atoms with Crippen molar-refractivity contribution in [3.8, 4) is 5.75 Å². The maximum absolute atomic E-state index is 12.2. The van der Waals surface area contributed by atoms with Gasteiger partial charge in [-0.25, -0.2) is 8.42 Å². The Labute approximate surface area is 118 Å². The molecule has 0 aromatic heterocycles. The van der Waals surface area contributed by atoms with Gasteiger partial charge in [-0.05, 0) is 12.1 Å². The van der Waals surface area contributed by atoms with E-state index in [1.807, 2.05) is 0 Å². The third-order valence-electron chi connectivity index (χ3n) is 2.47. The van der Waals surface area contributed by atoms with Crippen molar-refractivity contribution in [2.45, 2.75) is 4.90 Å². The second-order valence-electron chi connectivity index (χ2n) is 4.01. The Morgan fingerprint density at radius 3 is 2.65 bits per heavy atom. The van der Waals surface area contributed by atoms with Gasteiger partial charge < -0.3 is 20.5 Å². The Kier molecular flexibility index (Phi) is 5.78. The molecule has 0 radical (unpaired) electrons. The molecular formula is C12H18N2O5S. The van der Waals surface area contributed by atoms with Gasteiger partial charge in [0.25, 0.3) is 0 Å². The molecule has 0 unspecified atom stereocenters.